The number of ether oxygens (including phenoxy) is 1. The van der Waals surface area contributed by atoms with E-state index in [0.29, 0.717) is 25.0 Å². The first-order chi connectivity index (χ1) is 12.5. The van der Waals surface area contributed by atoms with Crippen molar-refractivity contribution in [1.29, 1.82) is 0 Å². The Balaban J connectivity index is 1.92. The highest BCUT2D eigenvalue weighted by atomic mass is 16.5. The molecule has 3 rings (SSSR count). The summed E-state index contributed by atoms with van der Waals surface area (Å²) in [5, 5.41) is 17.6. The van der Waals surface area contributed by atoms with Gasteiger partial charge >= 0.3 is 5.97 Å². The second kappa shape index (κ2) is 7.67. The van der Waals surface area contributed by atoms with Gasteiger partial charge in [0.2, 0.25) is 0 Å². The Morgan fingerprint density at radius 1 is 1.35 bits per heavy atom. The number of benzene rings is 1. The number of carboxylic acids is 1. The molecule has 1 aromatic carbocycles. The molecule has 1 fully saturated rings. The van der Waals surface area contributed by atoms with Crippen LogP contribution in [0.2, 0.25) is 0 Å². The SMILES string of the molecule is COC1(C#Cc2cc(C)cnn2)CC[C@@H](C(=O)O)[C@H](c2ccccc2)C1. The van der Waals surface area contributed by atoms with Crippen LogP contribution in [0.5, 0.6) is 0 Å². The van der Waals surface area contributed by atoms with E-state index in [0.717, 1.165) is 11.1 Å². The first-order valence-corrected chi connectivity index (χ1v) is 8.68. The van der Waals surface area contributed by atoms with Crippen molar-refractivity contribution < 1.29 is 14.6 Å². The zero-order valence-electron chi connectivity index (χ0n) is 15.0. The van der Waals surface area contributed by atoms with E-state index in [1.165, 1.54) is 0 Å². The van der Waals surface area contributed by atoms with E-state index in [4.69, 9.17) is 4.74 Å². The van der Waals surface area contributed by atoms with Crippen molar-refractivity contribution in [1.82, 2.24) is 10.2 Å². The lowest BCUT2D eigenvalue weighted by molar-refractivity contribution is -0.145. The van der Waals surface area contributed by atoms with Crippen molar-refractivity contribution in [2.75, 3.05) is 7.11 Å². The summed E-state index contributed by atoms with van der Waals surface area (Å²) >= 11 is 0. The molecule has 5 nitrogen and oxygen atoms in total. The molecular formula is C21H22N2O3. The number of carbonyl (C=O) groups is 1. The van der Waals surface area contributed by atoms with Crippen molar-refractivity contribution in [3.05, 3.63) is 59.4 Å². The van der Waals surface area contributed by atoms with Crippen LogP contribution in [0.1, 0.15) is 42.0 Å². The van der Waals surface area contributed by atoms with E-state index in [1.54, 1.807) is 13.3 Å². The summed E-state index contributed by atoms with van der Waals surface area (Å²) in [5.41, 5.74) is 1.92. The van der Waals surface area contributed by atoms with Crippen LogP contribution in [0.4, 0.5) is 0 Å². The van der Waals surface area contributed by atoms with E-state index < -0.39 is 17.5 Å². The highest BCUT2D eigenvalue weighted by molar-refractivity contribution is 5.71. The molecule has 0 amide bonds. The molecule has 26 heavy (non-hydrogen) atoms. The molecular weight excluding hydrogens is 328 g/mol. The Kier molecular flexibility index (Phi) is 5.34. The summed E-state index contributed by atoms with van der Waals surface area (Å²) in [6.07, 6.45) is 3.32. The molecule has 1 heterocycles. The number of carboxylic acid groups (broad SMARTS) is 1. The van der Waals surface area contributed by atoms with Gasteiger partial charge in [0, 0.05) is 13.0 Å². The fourth-order valence-electron chi connectivity index (χ4n) is 3.59. The predicted octanol–water partition coefficient (Wildman–Crippen LogP) is 3.19. The number of aryl methyl sites for hydroxylation is 1. The molecule has 1 saturated carbocycles. The van der Waals surface area contributed by atoms with Crippen LogP contribution in [-0.4, -0.2) is 34.0 Å². The second-order valence-electron chi connectivity index (χ2n) is 6.77. The topological polar surface area (TPSA) is 72.3 Å². The maximum Gasteiger partial charge on any atom is 0.307 e. The highest BCUT2D eigenvalue weighted by Gasteiger charge is 2.43. The molecule has 5 heteroatoms. The number of rotatable bonds is 3. The lowest BCUT2D eigenvalue weighted by Gasteiger charge is -2.39. The fraction of sp³-hybridized carbons (Fsp3) is 0.381. The molecule has 1 N–H and O–H groups in total. The lowest BCUT2D eigenvalue weighted by atomic mass is 9.69. The number of methoxy groups -OCH3 is 1. The standard InChI is InChI=1S/C21H22N2O3/c1-15-12-17(23-22-14-15)8-10-21(26-2)11-9-18(20(24)25)19(13-21)16-6-4-3-5-7-16/h3-7,12,14,18-19H,9,11,13H2,1-2H3,(H,24,25)/t18-,19+,21?/m1/s1. The molecule has 3 atom stereocenters. The van der Waals surface area contributed by atoms with Gasteiger partial charge in [0.1, 0.15) is 11.3 Å². The molecule has 2 aromatic rings. The number of aliphatic carboxylic acids is 1. The van der Waals surface area contributed by atoms with Crippen molar-refractivity contribution in [2.45, 2.75) is 37.7 Å². The van der Waals surface area contributed by atoms with E-state index in [9.17, 15) is 9.90 Å². The average Bonchev–Trinajstić information content (AvgIpc) is 2.67. The number of aromatic nitrogens is 2. The molecule has 1 unspecified atom stereocenters. The van der Waals surface area contributed by atoms with Gasteiger partial charge in [-0.25, -0.2) is 0 Å². The van der Waals surface area contributed by atoms with Crippen molar-refractivity contribution in [3.8, 4) is 11.8 Å². The van der Waals surface area contributed by atoms with Crippen molar-refractivity contribution in [3.63, 3.8) is 0 Å². The van der Waals surface area contributed by atoms with Crippen LogP contribution in [-0.2, 0) is 9.53 Å². The Bertz CT molecular complexity index is 841. The maximum atomic E-state index is 11.8. The number of hydrogen-bond acceptors (Lipinski definition) is 4. The van der Waals surface area contributed by atoms with Crippen LogP contribution in [0.25, 0.3) is 0 Å². The van der Waals surface area contributed by atoms with Crippen LogP contribution >= 0.6 is 0 Å². The van der Waals surface area contributed by atoms with Crippen LogP contribution in [0.15, 0.2) is 42.6 Å². The van der Waals surface area contributed by atoms with Gasteiger partial charge in [-0.3, -0.25) is 4.79 Å². The lowest BCUT2D eigenvalue weighted by Crippen LogP contribution is -2.41. The molecule has 1 aromatic heterocycles. The minimum Gasteiger partial charge on any atom is -0.481 e. The summed E-state index contributed by atoms with van der Waals surface area (Å²) in [6, 6.07) is 11.6. The highest BCUT2D eigenvalue weighted by Crippen LogP contribution is 2.44. The normalized spacial score (nSPS) is 25.2. The van der Waals surface area contributed by atoms with Gasteiger partial charge in [0.15, 0.2) is 0 Å². The van der Waals surface area contributed by atoms with Gasteiger partial charge in [-0.1, -0.05) is 36.3 Å². The van der Waals surface area contributed by atoms with Crippen LogP contribution in [0, 0.1) is 24.7 Å². The Labute approximate surface area is 153 Å². The van der Waals surface area contributed by atoms with Crippen LogP contribution < -0.4 is 0 Å². The maximum absolute atomic E-state index is 11.8. The third kappa shape index (κ3) is 3.92. The first-order valence-electron chi connectivity index (χ1n) is 8.68. The third-order valence-corrected chi connectivity index (χ3v) is 5.04. The molecule has 1 aliphatic carbocycles. The summed E-state index contributed by atoms with van der Waals surface area (Å²) in [5.74, 6) is 4.96. The van der Waals surface area contributed by atoms with Gasteiger partial charge in [0.25, 0.3) is 0 Å². The third-order valence-electron chi connectivity index (χ3n) is 5.04. The Morgan fingerprint density at radius 3 is 2.77 bits per heavy atom. The Morgan fingerprint density at radius 2 is 2.12 bits per heavy atom. The van der Waals surface area contributed by atoms with Gasteiger partial charge in [-0.15, -0.1) is 5.10 Å². The van der Waals surface area contributed by atoms with Gasteiger partial charge in [0.05, 0.1) is 12.1 Å². The summed E-state index contributed by atoms with van der Waals surface area (Å²) in [6.45, 7) is 1.94. The van der Waals surface area contributed by atoms with Gasteiger partial charge < -0.3 is 9.84 Å². The van der Waals surface area contributed by atoms with Crippen molar-refractivity contribution in [2.24, 2.45) is 5.92 Å². The number of nitrogens with zero attached hydrogens (tertiary/aromatic N) is 2. The Hall–Kier alpha value is -2.71. The van der Waals surface area contributed by atoms with E-state index in [2.05, 4.69) is 22.0 Å². The van der Waals surface area contributed by atoms with Crippen LogP contribution in [0.3, 0.4) is 0 Å². The average molecular weight is 350 g/mol. The molecule has 0 saturated heterocycles. The minimum absolute atomic E-state index is 0.139. The molecule has 0 bridgehead atoms. The minimum atomic E-state index is -0.763. The molecule has 0 spiro atoms. The molecule has 1 aliphatic rings. The van der Waals surface area contributed by atoms with E-state index >= 15 is 0 Å². The number of hydrogen-bond donors (Lipinski definition) is 1. The second-order valence-corrected chi connectivity index (χ2v) is 6.77. The first kappa shape index (κ1) is 18.1. The van der Waals surface area contributed by atoms with Crippen molar-refractivity contribution >= 4 is 5.97 Å². The molecule has 0 aliphatic heterocycles. The van der Waals surface area contributed by atoms with Gasteiger partial charge in [-0.05, 0) is 49.3 Å². The zero-order valence-corrected chi connectivity index (χ0v) is 15.0. The smallest absolute Gasteiger partial charge is 0.307 e. The van der Waals surface area contributed by atoms with E-state index in [-0.39, 0.29) is 5.92 Å². The summed E-state index contributed by atoms with van der Waals surface area (Å²) < 4.78 is 5.80. The van der Waals surface area contributed by atoms with Gasteiger partial charge in [-0.2, -0.15) is 5.10 Å². The largest absolute Gasteiger partial charge is 0.481 e. The van der Waals surface area contributed by atoms with E-state index in [1.807, 2.05) is 43.3 Å². The molecule has 0 radical (unpaired) electrons. The predicted molar refractivity (Wildman–Crippen MR) is 97.5 cm³/mol. The fourth-order valence-corrected chi connectivity index (χ4v) is 3.59. The summed E-state index contributed by atoms with van der Waals surface area (Å²) in [4.78, 5) is 11.8. The quantitative estimate of drug-likeness (QED) is 0.861. The molecule has 134 valence electrons. The zero-order chi connectivity index (χ0) is 18.6. The summed E-state index contributed by atoms with van der Waals surface area (Å²) in [7, 11) is 1.64. The monoisotopic (exact) mass is 350 g/mol.